The summed E-state index contributed by atoms with van der Waals surface area (Å²) in [6.45, 7) is 2.17. The minimum Gasteiger partial charge on any atom is -0.378 e. The smallest absolute Gasteiger partial charge is 0.0485 e. The van der Waals surface area contributed by atoms with Gasteiger partial charge in [-0.1, -0.05) is 34.1 Å². The van der Waals surface area contributed by atoms with E-state index in [1.807, 2.05) is 0 Å². The predicted molar refractivity (Wildman–Crippen MR) is 86.9 cm³/mol. The monoisotopic (exact) mass is 318 g/mol. The number of rotatable bonds is 4. The number of nitrogens with zero attached hydrogens (tertiary/aromatic N) is 1. The van der Waals surface area contributed by atoms with Gasteiger partial charge in [0.15, 0.2) is 0 Å². The molecule has 2 aromatic rings. The fourth-order valence-electron chi connectivity index (χ4n) is 1.96. The van der Waals surface area contributed by atoms with Crippen molar-refractivity contribution < 1.29 is 0 Å². The highest BCUT2D eigenvalue weighted by atomic mass is 79.9. The van der Waals surface area contributed by atoms with Crippen LogP contribution in [0.15, 0.2) is 53.0 Å². The van der Waals surface area contributed by atoms with Gasteiger partial charge < -0.3 is 10.2 Å². The quantitative estimate of drug-likeness (QED) is 0.879. The molecule has 0 spiro atoms. The fraction of sp³-hybridized carbons (Fsp3) is 0.250. The average molecular weight is 319 g/mol. The highest BCUT2D eigenvalue weighted by molar-refractivity contribution is 9.10. The Morgan fingerprint density at radius 2 is 1.74 bits per heavy atom. The lowest BCUT2D eigenvalue weighted by Gasteiger charge is -2.18. The molecule has 0 saturated carbocycles. The molecule has 1 N–H and O–H groups in total. The molecule has 0 radical (unpaired) electrons. The Bertz CT molecular complexity index is 535. The van der Waals surface area contributed by atoms with E-state index in [0.29, 0.717) is 0 Å². The zero-order chi connectivity index (χ0) is 13.8. The number of nitrogens with one attached hydrogen (secondary N) is 1. The van der Waals surface area contributed by atoms with Crippen molar-refractivity contribution >= 4 is 27.3 Å². The summed E-state index contributed by atoms with van der Waals surface area (Å²) in [4.78, 5) is 2.11. The first-order chi connectivity index (χ1) is 9.06. The molecule has 1 atom stereocenters. The highest BCUT2D eigenvalue weighted by Crippen LogP contribution is 2.23. The molecule has 0 aliphatic heterocycles. The number of benzene rings is 2. The number of hydrogen-bond donors (Lipinski definition) is 1. The average Bonchev–Trinajstić information content (AvgIpc) is 2.39. The van der Waals surface area contributed by atoms with Crippen molar-refractivity contribution in [1.82, 2.24) is 0 Å². The molecule has 2 aromatic carbocycles. The van der Waals surface area contributed by atoms with Crippen LogP contribution in [-0.4, -0.2) is 14.1 Å². The van der Waals surface area contributed by atoms with Crippen molar-refractivity contribution in [2.75, 3.05) is 24.3 Å². The number of hydrogen-bond acceptors (Lipinski definition) is 2. The molecule has 19 heavy (non-hydrogen) atoms. The molecule has 0 aliphatic carbocycles. The van der Waals surface area contributed by atoms with Gasteiger partial charge in [-0.15, -0.1) is 0 Å². The predicted octanol–water partition coefficient (Wildman–Crippen LogP) is 4.69. The summed E-state index contributed by atoms with van der Waals surface area (Å²) in [6, 6.07) is 17.1. The maximum atomic E-state index is 3.53. The Morgan fingerprint density at radius 3 is 2.37 bits per heavy atom. The summed E-state index contributed by atoms with van der Waals surface area (Å²) in [5.41, 5.74) is 3.62. The van der Waals surface area contributed by atoms with Crippen LogP contribution in [0.5, 0.6) is 0 Å². The lowest BCUT2D eigenvalue weighted by atomic mass is 10.1. The van der Waals surface area contributed by atoms with Crippen LogP contribution in [0.4, 0.5) is 11.4 Å². The summed E-state index contributed by atoms with van der Waals surface area (Å²) in [5, 5.41) is 3.53. The van der Waals surface area contributed by atoms with Gasteiger partial charge in [-0.3, -0.25) is 0 Å². The first-order valence-corrected chi connectivity index (χ1v) is 7.15. The zero-order valence-corrected chi connectivity index (χ0v) is 13.1. The van der Waals surface area contributed by atoms with E-state index < -0.39 is 0 Å². The first-order valence-electron chi connectivity index (χ1n) is 6.35. The third kappa shape index (κ3) is 3.74. The molecule has 100 valence electrons. The molecule has 1 unspecified atom stereocenters. The fourth-order valence-corrected chi connectivity index (χ4v) is 2.22. The third-order valence-corrected chi connectivity index (χ3v) is 3.64. The second-order valence-corrected chi connectivity index (χ2v) is 5.78. The van der Waals surface area contributed by atoms with E-state index in [2.05, 4.69) is 95.7 Å². The molecule has 0 bridgehead atoms. The van der Waals surface area contributed by atoms with Crippen LogP contribution in [0.1, 0.15) is 18.5 Å². The van der Waals surface area contributed by atoms with Gasteiger partial charge in [-0.2, -0.15) is 0 Å². The van der Waals surface area contributed by atoms with Gasteiger partial charge in [-0.05, 0) is 42.8 Å². The van der Waals surface area contributed by atoms with Crippen molar-refractivity contribution in [3.8, 4) is 0 Å². The van der Waals surface area contributed by atoms with Crippen LogP contribution in [0.2, 0.25) is 0 Å². The Kier molecular flexibility index (Phi) is 4.48. The minimum atomic E-state index is 0.283. The molecule has 0 amide bonds. The van der Waals surface area contributed by atoms with E-state index in [-0.39, 0.29) is 6.04 Å². The van der Waals surface area contributed by atoms with Gasteiger partial charge in [0.1, 0.15) is 0 Å². The Morgan fingerprint density at radius 1 is 1.05 bits per heavy atom. The van der Waals surface area contributed by atoms with Crippen molar-refractivity contribution in [1.29, 1.82) is 0 Å². The van der Waals surface area contributed by atoms with Gasteiger partial charge >= 0.3 is 0 Å². The second kappa shape index (κ2) is 6.11. The molecule has 2 rings (SSSR count). The van der Waals surface area contributed by atoms with E-state index in [9.17, 15) is 0 Å². The molecule has 3 heteroatoms. The molecule has 0 heterocycles. The van der Waals surface area contributed by atoms with E-state index >= 15 is 0 Å². The van der Waals surface area contributed by atoms with Crippen LogP contribution in [0, 0.1) is 0 Å². The minimum absolute atomic E-state index is 0.283. The number of halogens is 1. The standard InChI is InChI=1S/C16H19BrN2/c1-12(13-7-9-14(17)10-8-13)18-15-5-4-6-16(11-15)19(2)3/h4-12,18H,1-3H3. The summed E-state index contributed by atoms with van der Waals surface area (Å²) in [6.07, 6.45) is 0. The topological polar surface area (TPSA) is 15.3 Å². The summed E-state index contributed by atoms with van der Waals surface area (Å²) < 4.78 is 1.11. The summed E-state index contributed by atoms with van der Waals surface area (Å²) >= 11 is 3.46. The lowest BCUT2D eigenvalue weighted by Crippen LogP contribution is -2.10. The van der Waals surface area contributed by atoms with Crippen LogP contribution >= 0.6 is 15.9 Å². The van der Waals surface area contributed by atoms with Crippen molar-refractivity contribution in [2.24, 2.45) is 0 Å². The molecule has 0 saturated heterocycles. The highest BCUT2D eigenvalue weighted by Gasteiger charge is 2.05. The van der Waals surface area contributed by atoms with Gasteiger partial charge in [0.25, 0.3) is 0 Å². The van der Waals surface area contributed by atoms with Crippen LogP contribution < -0.4 is 10.2 Å². The van der Waals surface area contributed by atoms with Gasteiger partial charge in [-0.25, -0.2) is 0 Å². The molecule has 2 nitrogen and oxygen atoms in total. The number of anilines is 2. The normalized spacial score (nSPS) is 12.0. The zero-order valence-electron chi connectivity index (χ0n) is 11.5. The van der Waals surface area contributed by atoms with E-state index in [1.54, 1.807) is 0 Å². The summed E-state index contributed by atoms with van der Waals surface area (Å²) in [7, 11) is 4.11. The molecule has 0 aliphatic rings. The second-order valence-electron chi connectivity index (χ2n) is 4.86. The van der Waals surface area contributed by atoms with Gasteiger partial charge in [0, 0.05) is 36.0 Å². The van der Waals surface area contributed by atoms with Crippen molar-refractivity contribution in [3.05, 3.63) is 58.6 Å². The van der Waals surface area contributed by atoms with E-state index in [4.69, 9.17) is 0 Å². The largest absolute Gasteiger partial charge is 0.378 e. The molecule has 0 aromatic heterocycles. The Hall–Kier alpha value is -1.48. The Balaban J connectivity index is 2.12. The van der Waals surface area contributed by atoms with E-state index in [1.165, 1.54) is 11.3 Å². The van der Waals surface area contributed by atoms with Crippen LogP contribution in [-0.2, 0) is 0 Å². The van der Waals surface area contributed by atoms with Crippen LogP contribution in [0.25, 0.3) is 0 Å². The molecular formula is C16H19BrN2. The summed E-state index contributed by atoms with van der Waals surface area (Å²) in [5.74, 6) is 0. The van der Waals surface area contributed by atoms with E-state index in [0.717, 1.165) is 10.2 Å². The van der Waals surface area contributed by atoms with Crippen molar-refractivity contribution in [2.45, 2.75) is 13.0 Å². The SMILES string of the molecule is CC(Nc1cccc(N(C)C)c1)c1ccc(Br)cc1. The van der Waals surface area contributed by atoms with Crippen LogP contribution in [0.3, 0.4) is 0 Å². The first kappa shape index (κ1) is 13.9. The Labute approximate surface area is 123 Å². The maximum Gasteiger partial charge on any atom is 0.0485 e. The molecular weight excluding hydrogens is 300 g/mol. The van der Waals surface area contributed by atoms with Gasteiger partial charge in [0.05, 0.1) is 0 Å². The lowest BCUT2D eigenvalue weighted by molar-refractivity contribution is 0.884. The van der Waals surface area contributed by atoms with Crippen molar-refractivity contribution in [3.63, 3.8) is 0 Å². The van der Waals surface area contributed by atoms with Gasteiger partial charge in [0.2, 0.25) is 0 Å². The maximum absolute atomic E-state index is 3.53. The third-order valence-electron chi connectivity index (χ3n) is 3.12. The molecule has 0 fully saturated rings.